The van der Waals surface area contributed by atoms with Crippen molar-refractivity contribution >= 4 is 0 Å². The predicted molar refractivity (Wildman–Crippen MR) is 72.5 cm³/mol. The summed E-state index contributed by atoms with van der Waals surface area (Å²) >= 11 is 0. The van der Waals surface area contributed by atoms with E-state index in [1.807, 2.05) is 31.2 Å². The molecular weight excluding hydrogens is 252 g/mol. The predicted octanol–water partition coefficient (Wildman–Crippen LogP) is 3.40. The van der Waals surface area contributed by atoms with Gasteiger partial charge < -0.3 is 9.47 Å². The van der Waals surface area contributed by atoms with E-state index < -0.39 is 0 Å². The standard InChI is InChI=1S/C16H11N2O2/c1-12(13-2-6-15(7-3-13)19-10-17)14-4-8-16(9-5-14)20-11-18/h2-9H,1H3. The highest BCUT2D eigenvalue weighted by Crippen LogP contribution is 2.26. The Bertz CT molecular complexity index is 589. The smallest absolute Gasteiger partial charge is 0.292 e. The van der Waals surface area contributed by atoms with Gasteiger partial charge in [0.15, 0.2) is 0 Å². The van der Waals surface area contributed by atoms with Crippen LogP contribution in [0.1, 0.15) is 18.1 Å². The topological polar surface area (TPSA) is 66.0 Å². The third-order valence-electron chi connectivity index (χ3n) is 2.90. The van der Waals surface area contributed by atoms with Crippen LogP contribution in [0, 0.1) is 29.0 Å². The van der Waals surface area contributed by atoms with E-state index in [2.05, 4.69) is 0 Å². The van der Waals surface area contributed by atoms with E-state index in [0.717, 1.165) is 17.0 Å². The van der Waals surface area contributed by atoms with Gasteiger partial charge in [-0.25, -0.2) is 0 Å². The molecule has 0 bridgehead atoms. The highest BCUT2D eigenvalue weighted by Gasteiger charge is 2.09. The fourth-order valence-corrected chi connectivity index (χ4v) is 1.82. The van der Waals surface area contributed by atoms with Crippen molar-refractivity contribution in [1.29, 1.82) is 10.5 Å². The zero-order chi connectivity index (χ0) is 14.4. The van der Waals surface area contributed by atoms with Crippen molar-refractivity contribution in [2.75, 3.05) is 0 Å². The second-order valence-corrected chi connectivity index (χ2v) is 4.06. The molecule has 2 aromatic rings. The second-order valence-electron chi connectivity index (χ2n) is 4.06. The number of rotatable bonds is 4. The van der Waals surface area contributed by atoms with Crippen LogP contribution in [0.15, 0.2) is 48.5 Å². The molecule has 20 heavy (non-hydrogen) atoms. The van der Waals surface area contributed by atoms with E-state index in [0.29, 0.717) is 11.5 Å². The minimum Gasteiger partial charge on any atom is -0.388 e. The lowest BCUT2D eigenvalue weighted by molar-refractivity contribution is 0.507. The lowest BCUT2D eigenvalue weighted by atomic mass is 9.93. The molecule has 0 spiro atoms. The lowest BCUT2D eigenvalue weighted by Gasteiger charge is -2.12. The number of ether oxygens (including phenoxy) is 2. The van der Waals surface area contributed by atoms with Crippen molar-refractivity contribution in [3.05, 3.63) is 65.6 Å². The highest BCUT2D eigenvalue weighted by atomic mass is 16.5. The van der Waals surface area contributed by atoms with Crippen molar-refractivity contribution in [3.63, 3.8) is 0 Å². The molecular formula is C16H11N2O2. The van der Waals surface area contributed by atoms with E-state index in [4.69, 9.17) is 20.0 Å². The number of nitrogens with zero attached hydrogens (tertiary/aromatic N) is 2. The minimum atomic E-state index is 0.516. The maximum atomic E-state index is 8.43. The maximum Gasteiger partial charge on any atom is 0.292 e. The summed E-state index contributed by atoms with van der Waals surface area (Å²) in [4.78, 5) is 0. The van der Waals surface area contributed by atoms with Crippen molar-refractivity contribution in [1.82, 2.24) is 0 Å². The van der Waals surface area contributed by atoms with Gasteiger partial charge in [-0.05, 0) is 35.4 Å². The van der Waals surface area contributed by atoms with Gasteiger partial charge in [0, 0.05) is 5.92 Å². The van der Waals surface area contributed by atoms with Crippen LogP contribution in [0.3, 0.4) is 0 Å². The Balaban J connectivity index is 2.16. The van der Waals surface area contributed by atoms with Crippen molar-refractivity contribution in [2.45, 2.75) is 6.92 Å². The number of nitriles is 2. The van der Waals surface area contributed by atoms with Crippen LogP contribution in [-0.2, 0) is 0 Å². The highest BCUT2D eigenvalue weighted by molar-refractivity contribution is 5.47. The molecule has 0 aliphatic heterocycles. The molecule has 0 atom stereocenters. The van der Waals surface area contributed by atoms with Gasteiger partial charge in [-0.15, -0.1) is 10.5 Å². The fraction of sp³-hybridized carbons (Fsp3) is 0.0625. The van der Waals surface area contributed by atoms with Gasteiger partial charge in [0.25, 0.3) is 12.5 Å². The van der Waals surface area contributed by atoms with Crippen LogP contribution in [0.25, 0.3) is 0 Å². The molecule has 0 heterocycles. The SMILES string of the molecule is C[C](c1ccc(OC#N)cc1)c1ccc(OC#N)cc1. The van der Waals surface area contributed by atoms with E-state index in [-0.39, 0.29) is 0 Å². The van der Waals surface area contributed by atoms with Crippen LogP contribution < -0.4 is 9.47 Å². The van der Waals surface area contributed by atoms with Gasteiger partial charge >= 0.3 is 0 Å². The molecule has 4 nitrogen and oxygen atoms in total. The number of hydrogen-bond acceptors (Lipinski definition) is 4. The summed E-state index contributed by atoms with van der Waals surface area (Å²) in [6.07, 6.45) is 3.27. The molecule has 0 fully saturated rings. The van der Waals surface area contributed by atoms with E-state index in [1.165, 1.54) is 0 Å². The first-order valence-corrected chi connectivity index (χ1v) is 5.91. The molecule has 0 unspecified atom stereocenters. The normalized spacial score (nSPS) is 9.60. The summed E-state index contributed by atoms with van der Waals surface area (Å²) in [5.74, 6) is 2.11. The van der Waals surface area contributed by atoms with E-state index >= 15 is 0 Å². The molecule has 4 heteroatoms. The van der Waals surface area contributed by atoms with Crippen LogP contribution in [0.2, 0.25) is 0 Å². The van der Waals surface area contributed by atoms with Crippen molar-refractivity contribution in [3.8, 4) is 24.0 Å². The third kappa shape index (κ3) is 3.07. The Kier molecular flexibility index (Phi) is 4.21. The summed E-state index contributed by atoms with van der Waals surface area (Å²) in [5.41, 5.74) is 2.06. The summed E-state index contributed by atoms with van der Waals surface area (Å²) in [7, 11) is 0. The minimum absolute atomic E-state index is 0.516. The molecule has 97 valence electrons. The average molecular weight is 263 g/mol. The molecule has 2 rings (SSSR count). The Morgan fingerprint density at radius 2 is 1.10 bits per heavy atom. The first-order chi connectivity index (χ1) is 9.74. The Morgan fingerprint density at radius 3 is 1.40 bits per heavy atom. The van der Waals surface area contributed by atoms with Gasteiger partial charge in [0.05, 0.1) is 0 Å². The largest absolute Gasteiger partial charge is 0.388 e. The zero-order valence-electron chi connectivity index (χ0n) is 10.8. The Labute approximate surface area is 117 Å². The maximum absolute atomic E-state index is 8.43. The summed E-state index contributed by atoms with van der Waals surface area (Å²) in [6, 6.07) is 14.5. The fourth-order valence-electron chi connectivity index (χ4n) is 1.82. The molecule has 0 amide bonds. The van der Waals surface area contributed by atoms with E-state index in [1.54, 1.807) is 36.8 Å². The molecule has 0 N–H and O–H groups in total. The van der Waals surface area contributed by atoms with Gasteiger partial charge in [0.1, 0.15) is 11.5 Å². The molecule has 0 saturated carbocycles. The number of hydrogen-bond donors (Lipinski definition) is 0. The molecule has 1 radical (unpaired) electrons. The average Bonchev–Trinajstić information content (AvgIpc) is 2.49. The van der Waals surface area contributed by atoms with Crippen LogP contribution in [0.5, 0.6) is 11.5 Å². The number of benzene rings is 2. The van der Waals surface area contributed by atoms with Gasteiger partial charge in [0.2, 0.25) is 0 Å². The third-order valence-corrected chi connectivity index (χ3v) is 2.90. The summed E-state index contributed by atoms with van der Waals surface area (Å²) in [6.45, 7) is 2.00. The van der Waals surface area contributed by atoms with Gasteiger partial charge in [-0.3, -0.25) is 0 Å². The first-order valence-electron chi connectivity index (χ1n) is 5.91. The first kappa shape index (κ1) is 13.5. The van der Waals surface area contributed by atoms with Crippen LogP contribution in [0.4, 0.5) is 0 Å². The van der Waals surface area contributed by atoms with Gasteiger partial charge in [-0.2, -0.15) is 0 Å². The summed E-state index contributed by atoms with van der Waals surface area (Å²) < 4.78 is 9.48. The monoisotopic (exact) mass is 263 g/mol. The molecule has 0 saturated heterocycles. The molecule has 0 aliphatic rings. The quantitative estimate of drug-likeness (QED) is 0.793. The van der Waals surface area contributed by atoms with Crippen LogP contribution >= 0.6 is 0 Å². The Morgan fingerprint density at radius 1 is 0.750 bits per heavy atom. The Hall–Kier alpha value is -2.98. The molecule has 0 aliphatic carbocycles. The van der Waals surface area contributed by atoms with E-state index in [9.17, 15) is 0 Å². The zero-order valence-corrected chi connectivity index (χ0v) is 10.8. The van der Waals surface area contributed by atoms with Crippen molar-refractivity contribution in [2.24, 2.45) is 0 Å². The van der Waals surface area contributed by atoms with Crippen LogP contribution in [-0.4, -0.2) is 0 Å². The second kappa shape index (κ2) is 6.26. The molecule has 0 aromatic heterocycles. The van der Waals surface area contributed by atoms with Crippen molar-refractivity contribution < 1.29 is 9.47 Å². The molecule has 2 aromatic carbocycles. The lowest BCUT2D eigenvalue weighted by Crippen LogP contribution is -1.97. The van der Waals surface area contributed by atoms with Gasteiger partial charge in [-0.1, -0.05) is 31.2 Å². The summed E-state index contributed by atoms with van der Waals surface area (Å²) in [5, 5.41) is 16.9.